The molecule has 1 heterocycles. The lowest BCUT2D eigenvalue weighted by atomic mass is 10.2. The van der Waals surface area contributed by atoms with Crippen molar-refractivity contribution in [1.29, 1.82) is 5.26 Å². The third kappa shape index (κ3) is 5.34. The van der Waals surface area contributed by atoms with Gasteiger partial charge in [0.1, 0.15) is 4.90 Å². The average molecular weight is 558 g/mol. The van der Waals surface area contributed by atoms with E-state index >= 15 is 0 Å². The zero-order chi connectivity index (χ0) is 26.3. The number of carbonyl (C=O) groups is 1. The summed E-state index contributed by atoms with van der Waals surface area (Å²) in [5.41, 5.74) is -5.26. The molecule has 0 atom stereocenters. The Labute approximate surface area is 201 Å². The smallest absolute Gasteiger partial charge is 0.266 e. The van der Waals surface area contributed by atoms with Crippen LogP contribution in [0.15, 0.2) is 41.3 Å². The van der Waals surface area contributed by atoms with Crippen molar-refractivity contribution < 1.29 is 39.6 Å². The molecule has 0 aliphatic rings. The third-order valence-corrected chi connectivity index (χ3v) is 6.35. The van der Waals surface area contributed by atoms with Gasteiger partial charge in [0.15, 0.2) is 11.4 Å². The first-order valence-electron chi connectivity index (χ1n) is 8.73. The molecule has 8 nitrogen and oxygen atoms in total. The SMILES string of the molecule is N#Cc1ccc(-n2nnc(C(=O)NS(=O)(=O)c3cc(C(F)(F)F)ccc3Cl)c2C(F)(F)F)c(Cl)c1. The van der Waals surface area contributed by atoms with Crippen LogP contribution in [0.25, 0.3) is 5.69 Å². The number of halogens is 8. The maximum Gasteiger partial charge on any atom is 0.435 e. The number of amides is 1. The van der Waals surface area contributed by atoms with Crippen molar-refractivity contribution in [2.75, 3.05) is 0 Å². The number of benzene rings is 2. The summed E-state index contributed by atoms with van der Waals surface area (Å²) in [6.07, 6.45) is -10.3. The Bertz CT molecular complexity index is 1480. The van der Waals surface area contributed by atoms with Crippen molar-refractivity contribution in [1.82, 2.24) is 19.7 Å². The number of hydrogen-bond acceptors (Lipinski definition) is 6. The number of aromatic nitrogens is 3. The first-order valence-corrected chi connectivity index (χ1v) is 11.0. The third-order valence-electron chi connectivity index (χ3n) is 4.23. The van der Waals surface area contributed by atoms with Crippen molar-refractivity contribution in [2.24, 2.45) is 0 Å². The van der Waals surface area contributed by atoms with Crippen LogP contribution in [-0.2, 0) is 22.4 Å². The summed E-state index contributed by atoms with van der Waals surface area (Å²) in [7, 11) is -5.19. The molecule has 1 amide bonds. The Kier molecular flexibility index (Phi) is 6.77. The minimum Gasteiger partial charge on any atom is -0.266 e. The quantitative estimate of drug-likeness (QED) is 0.468. The predicted molar refractivity (Wildman–Crippen MR) is 107 cm³/mol. The van der Waals surface area contributed by atoms with Gasteiger partial charge in [-0.15, -0.1) is 5.10 Å². The van der Waals surface area contributed by atoms with Gasteiger partial charge in [-0.25, -0.2) is 17.8 Å². The molecule has 17 heteroatoms. The highest BCUT2D eigenvalue weighted by Crippen LogP contribution is 2.36. The summed E-state index contributed by atoms with van der Waals surface area (Å²) >= 11 is 11.5. The summed E-state index contributed by atoms with van der Waals surface area (Å²) in [5.74, 6) is -1.96. The molecule has 3 rings (SSSR count). The molecule has 0 saturated carbocycles. The van der Waals surface area contributed by atoms with Crippen molar-refractivity contribution in [3.63, 3.8) is 0 Å². The Balaban J connectivity index is 2.08. The Morgan fingerprint density at radius 2 is 1.66 bits per heavy atom. The van der Waals surface area contributed by atoms with E-state index < -0.39 is 60.8 Å². The van der Waals surface area contributed by atoms with Crippen LogP contribution in [0.2, 0.25) is 10.0 Å². The van der Waals surface area contributed by atoms with Crippen LogP contribution < -0.4 is 4.72 Å². The number of nitrogens with one attached hydrogen (secondary N) is 1. The van der Waals surface area contributed by atoms with Crippen LogP contribution >= 0.6 is 23.2 Å². The summed E-state index contributed by atoms with van der Waals surface area (Å²) in [5, 5.41) is 14.0. The number of hydrogen-bond donors (Lipinski definition) is 1. The minimum absolute atomic E-state index is 0.00514. The van der Waals surface area contributed by atoms with Gasteiger partial charge in [0.25, 0.3) is 15.9 Å². The molecule has 184 valence electrons. The van der Waals surface area contributed by atoms with Gasteiger partial charge < -0.3 is 0 Å². The van der Waals surface area contributed by atoms with Gasteiger partial charge in [0, 0.05) is 0 Å². The Morgan fingerprint density at radius 1 is 1.00 bits per heavy atom. The summed E-state index contributed by atoms with van der Waals surface area (Å²) in [6.45, 7) is 0. The Hall–Kier alpha value is -3.35. The van der Waals surface area contributed by atoms with Crippen LogP contribution in [0.3, 0.4) is 0 Å². The second kappa shape index (κ2) is 9.02. The highest BCUT2D eigenvalue weighted by molar-refractivity contribution is 7.90. The topological polar surface area (TPSA) is 118 Å². The van der Waals surface area contributed by atoms with Gasteiger partial charge in [0.2, 0.25) is 0 Å². The molecule has 0 aliphatic heterocycles. The fourth-order valence-corrected chi connectivity index (χ4v) is 4.46. The molecule has 0 saturated heterocycles. The molecule has 1 aromatic heterocycles. The van der Waals surface area contributed by atoms with E-state index in [-0.39, 0.29) is 21.3 Å². The molecule has 3 aromatic rings. The van der Waals surface area contributed by atoms with Gasteiger partial charge in [-0.05, 0) is 36.4 Å². The van der Waals surface area contributed by atoms with Gasteiger partial charge in [0.05, 0.1) is 32.9 Å². The molecule has 0 fully saturated rings. The predicted octanol–water partition coefficient (Wildman–Crippen LogP) is 4.60. The van der Waals surface area contributed by atoms with Crippen molar-refractivity contribution in [3.05, 3.63) is 69.0 Å². The lowest BCUT2D eigenvalue weighted by molar-refractivity contribution is -0.143. The van der Waals surface area contributed by atoms with Gasteiger partial charge >= 0.3 is 12.4 Å². The molecule has 0 radical (unpaired) electrons. The highest BCUT2D eigenvalue weighted by atomic mass is 35.5. The Morgan fingerprint density at radius 3 is 2.20 bits per heavy atom. The largest absolute Gasteiger partial charge is 0.435 e. The molecule has 2 aromatic carbocycles. The highest BCUT2D eigenvalue weighted by Gasteiger charge is 2.43. The first kappa shape index (κ1) is 26.3. The van der Waals surface area contributed by atoms with Crippen LogP contribution in [0.1, 0.15) is 27.3 Å². The van der Waals surface area contributed by atoms with Crippen molar-refractivity contribution in [2.45, 2.75) is 17.2 Å². The van der Waals surface area contributed by atoms with E-state index in [0.29, 0.717) is 12.1 Å². The number of rotatable bonds is 4. The zero-order valence-corrected chi connectivity index (χ0v) is 18.7. The maximum atomic E-state index is 13.8. The molecular formula is C18H7Cl2F6N5O3S. The fourth-order valence-electron chi connectivity index (χ4n) is 2.72. The molecule has 0 spiro atoms. The molecule has 0 aliphatic carbocycles. The standard InChI is InChI=1S/C18H7Cl2F6N5O3S/c19-10-3-2-9(17(21,22)23)6-13(10)35(33,34)29-16(32)14-15(18(24,25)26)31(30-28-14)12-4-1-8(7-27)5-11(12)20/h1-6H,(H,29,32). The van der Waals surface area contributed by atoms with Crippen LogP contribution in [0.4, 0.5) is 26.3 Å². The van der Waals surface area contributed by atoms with E-state index in [4.69, 9.17) is 28.5 Å². The van der Waals surface area contributed by atoms with Gasteiger partial charge in [-0.2, -0.15) is 31.6 Å². The second-order valence-corrected chi connectivity index (χ2v) is 9.02. The monoisotopic (exact) mass is 557 g/mol. The lowest BCUT2D eigenvalue weighted by Gasteiger charge is -2.13. The van der Waals surface area contributed by atoms with Crippen LogP contribution in [0, 0.1) is 11.3 Å². The van der Waals surface area contributed by atoms with Crippen LogP contribution in [0.5, 0.6) is 0 Å². The summed E-state index contributed by atoms with van der Waals surface area (Å²) < 4.78 is 107. The minimum atomic E-state index is -5.33. The molecule has 0 unspecified atom stereocenters. The zero-order valence-electron chi connectivity index (χ0n) is 16.4. The number of sulfonamides is 1. The molecular weight excluding hydrogens is 551 g/mol. The van der Waals surface area contributed by atoms with Gasteiger partial charge in [-0.3, -0.25) is 4.79 Å². The first-order chi connectivity index (χ1) is 16.1. The fraction of sp³-hybridized carbons (Fsp3) is 0.111. The maximum absolute atomic E-state index is 13.8. The van der Waals surface area contributed by atoms with E-state index in [1.807, 2.05) is 0 Å². The number of carbonyl (C=O) groups excluding carboxylic acids is 1. The summed E-state index contributed by atoms with van der Waals surface area (Å²) in [6, 6.07) is 5.97. The van der Waals surface area contributed by atoms with E-state index in [2.05, 4.69) is 10.3 Å². The number of alkyl halides is 6. The van der Waals surface area contributed by atoms with Crippen LogP contribution in [-0.4, -0.2) is 29.3 Å². The lowest BCUT2D eigenvalue weighted by Crippen LogP contribution is -2.33. The normalized spacial score (nSPS) is 12.3. The number of nitriles is 1. The second-order valence-electron chi connectivity index (χ2n) is 6.55. The average Bonchev–Trinajstić information content (AvgIpc) is 3.18. The van der Waals surface area contributed by atoms with Crippen molar-refractivity contribution in [3.8, 4) is 11.8 Å². The van der Waals surface area contributed by atoms with Gasteiger partial charge in [-0.1, -0.05) is 28.4 Å². The molecule has 1 N–H and O–H groups in total. The molecule has 35 heavy (non-hydrogen) atoms. The van der Waals surface area contributed by atoms with E-state index in [1.54, 1.807) is 6.07 Å². The van der Waals surface area contributed by atoms with E-state index in [1.165, 1.54) is 4.72 Å². The van der Waals surface area contributed by atoms with Crippen molar-refractivity contribution >= 4 is 39.1 Å². The summed E-state index contributed by atoms with van der Waals surface area (Å²) in [4.78, 5) is 11.3. The van der Waals surface area contributed by atoms with E-state index in [0.717, 1.165) is 18.2 Å². The molecule has 0 bridgehead atoms. The van der Waals surface area contributed by atoms with E-state index in [9.17, 15) is 39.6 Å². The number of nitrogens with zero attached hydrogens (tertiary/aromatic N) is 4.